The van der Waals surface area contributed by atoms with Gasteiger partial charge in [0.2, 0.25) is 0 Å². The summed E-state index contributed by atoms with van der Waals surface area (Å²) in [6.07, 6.45) is 0.970. The second-order valence-corrected chi connectivity index (χ2v) is 7.46. The number of anilines is 1. The van der Waals surface area contributed by atoms with Gasteiger partial charge >= 0.3 is 0 Å². The van der Waals surface area contributed by atoms with E-state index in [1.54, 1.807) is 0 Å². The fourth-order valence-electron chi connectivity index (χ4n) is 4.32. The monoisotopic (exact) mass is 395 g/mol. The van der Waals surface area contributed by atoms with Crippen molar-refractivity contribution in [1.29, 1.82) is 0 Å². The maximum Gasteiger partial charge on any atom is 0.145 e. The van der Waals surface area contributed by atoms with Crippen LogP contribution in [0.25, 0.3) is 5.69 Å². The molecule has 5 rings (SSSR count). The summed E-state index contributed by atoms with van der Waals surface area (Å²) in [6, 6.07) is 29.4. The summed E-state index contributed by atoms with van der Waals surface area (Å²) in [5, 5.41) is 8.73. The van der Waals surface area contributed by atoms with Crippen molar-refractivity contribution in [2.24, 2.45) is 0 Å². The van der Waals surface area contributed by atoms with Crippen molar-refractivity contribution in [2.45, 2.75) is 19.3 Å². The molecule has 0 amide bonds. The van der Waals surface area contributed by atoms with Gasteiger partial charge in [-0.05, 0) is 36.6 Å². The highest BCUT2D eigenvalue weighted by Gasteiger charge is 2.30. The normalized spacial score (nSPS) is 12.6. The minimum atomic E-state index is 0.0848. The molecule has 0 saturated carbocycles. The first kappa shape index (κ1) is 18.5. The molecule has 4 heteroatoms. The fourth-order valence-corrected chi connectivity index (χ4v) is 4.32. The largest absolute Gasteiger partial charge is 0.492 e. The summed E-state index contributed by atoms with van der Waals surface area (Å²) in [5.74, 6) is 2.01. The van der Waals surface area contributed by atoms with Crippen LogP contribution in [0.15, 0.2) is 84.9 Å². The Hall–Kier alpha value is -3.53. The molecule has 1 N–H and O–H groups in total. The molecule has 0 atom stereocenters. The Morgan fingerprint density at radius 2 is 1.53 bits per heavy atom. The standard InChI is InChI=1S/C26H25N3O/c1-2-30-23-16-10-9-15-22(23)29-26-21(17-18-27-26)25(28-29)24(19-11-5-3-6-12-19)20-13-7-4-8-14-20/h3-16,24,27H,2,17-18H2,1H3. The zero-order valence-corrected chi connectivity index (χ0v) is 17.1. The number of para-hydroxylation sites is 2. The molecule has 0 unspecified atom stereocenters. The van der Waals surface area contributed by atoms with Gasteiger partial charge in [0.1, 0.15) is 17.3 Å². The van der Waals surface area contributed by atoms with Crippen molar-refractivity contribution in [3.05, 3.63) is 107 Å². The summed E-state index contributed by atoms with van der Waals surface area (Å²) < 4.78 is 7.93. The van der Waals surface area contributed by atoms with E-state index in [0.29, 0.717) is 6.61 Å². The van der Waals surface area contributed by atoms with Gasteiger partial charge in [0, 0.05) is 12.1 Å². The van der Waals surface area contributed by atoms with Crippen LogP contribution in [0.1, 0.15) is 35.2 Å². The molecule has 2 heterocycles. The Labute approximate surface area is 177 Å². The molecule has 0 bridgehead atoms. The molecule has 4 nitrogen and oxygen atoms in total. The molecule has 4 aromatic rings. The molecular formula is C26H25N3O. The first-order valence-electron chi connectivity index (χ1n) is 10.5. The van der Waals surface area contributed by atoms with E-state index in [1.165, 1.54) is 16.7 Å². The van der Waals surface area contributed by atoms with Crippen LogP contribution in [0.2, 0.25) is 0 Å². The van der Waals surface area contributed by atoms with E-state index in [0.717, 1.165) is 35.9 Å². The molecule has 1 aliphatic rings. The molecule has 0 fully saturated rings. The Balaban J connectivity index is 1.70. The van der Waals surface area contributed by atoms with Gasteiger partial charge in [-0.15, -0.1) is 0 Å². The topological polar surface area (TPSA) is 39.1 Å². The lowest BCUT2D eigenvalue weighted by Gasteiger charge is -2.17. The molecule has 0 saturated heterocycles. The molecule has 150 valence electrons. The highest BCUT2D eigenvalue weighted by molar-refractivity contribution is 5.62. The smallest absolute Gasteiger partial charge is 0.145 e. The van der Waals surface area contributed by atoms with E-state index in [4.69, 9.17) is 9.84 Å². The van der Waals surface area contributed by atoms with Crippen LogP contribution >= 0.6 is 0 Å². The van der Waals surface area contributed by atoms with Crippen LogP contribution in [0.4, 0.5) is 5.82 Å². The highest BCUT2D eigenvalue weighted by Crippen LogP contribution is 2.40. The Kier molecular flexibility index (Phi) is 4.98. The van der Waals surface area contributed by atoms with Gasteiger partial charge in [-0.1, -0.05) is 72.8 Å². The number of hydrogen-bond acceptors (Lipinski definition) is 3. The first-order chi connectivity index (χ1) is 14.9. The fraction of sp³-hybridized carbons (Fsp3) is 0.192. The van der Waals surface area contributed by atoms with Crippen molar-refractivity contribution in [3.8, 4) is 11.4 Å². The van der Waals surface area contributed by atoms with Gasteiger partial charge < -0.3 is 10.1 Å². The van der Waals surface area contributed by atoms with Crippen molar-refractivity contribution in [1.82, 2.24) is 9.78 Å². The van der Waals surface area contributed by atoms with Gasteiger partial charge in [-0.25, -0.2) is 4.68 Å². The van der Waals surface area contributed by atoms with E-state index in [2.05, 4.69) is 72.0 Å². The zero-order valence-electron chi connectivity index (χ0n) is 17.1. The predicted molar refractivity (Wildman–Crippen MR) is 121 cm³/mol. The third-order valence-electron chi connectivity index (χ3n) is 5.61. The second kappa shape index (κ2) is 8.07. The quantitative estimate of drug-likeness (QED) is 0.474. The predicted octanol–water partition coefficient (Wildman–Crippen LogP) is 5.42. The van der Waals surface area contributed by atoms with Gasteiger partial charge in [0.15, 0.2) is 0 Å². The van der Waals surface area contributed by atoms with Gasteiger partial charge in [-0.2, -0.15) is 5.10 Å². The Morgan fingerprint density at radius 1 is 0.900 bits per heavy atom. The van der Waals surface area contributed by atoms with Crippen molar-refractivity contribution >= 4 is 5.82 Å². The molecule has 0 radical (unpaired) electrons. The van der Waals surface area contributed by atoms with E-state index >= 15 is 0 Å². The molecule has 0 aliphatic carbocycles. The third kappa shape index (κ3) is 3.24. The number of ether oxygens (including phenoxy) is 1. The van der Waals surface area contributed by atoms with Crippen LogP contribution in [-0.4, -0.2) is 22.9 Å². The van der Waals surface area contributed by atoms with Crippen molar-refractivity contribution in [3.63, 3.8) is 0 Å². The average Bonchev–Trinajstić information content (AvgIpc) is 3.40. The Morgan fingerprint density at radius 3 is 2.20 bits per heavy atom. The summed E-state index contributed by atoms with van der Waals surface area (Å²) in [7, 11) is 0. The summed E-state index contributed by atoms with van der Waals surface area (Å²) in [6.45, 7) is 3.56. The van der Waals surface area contributed by atoms with Gasteiger partial charge in [-0.3, -0.25) is 0 Å². The second-order valence-electron chi connectivity index (χ2n) is 7.46. The van der Waals surface area contributed by atoms with Crippen LogP contribution in [0.3, 0.4) is 0 Å². The minimum absolute atomic E-state index is 0.0848. The molecule has 0 spiro atoms. The number of hydrogen-bond donors (Lipinski definition) is 1. The maximum atomic E-state index is 5.90. The first-order valence-corrected chi connectivity index (χ1v) is 10.5. The molecule has 30 heavy (non-hydrogen) atoms. The van der Waals surface area contributed by atoms with E-state index in [9.17, 15) is 0 Å². The SMILES string of the molecule is CCOc1ccccc1-n1nc(C(c2ccccc2)c2ccccc2)c2c1NCC2. The van der Waals surface area contributed by atoms with E-state index in [1.807, 2.05) is 29.8 Å². The van der Waals surface area contributed by atoms with Crippen molar-refractivity contribution in [2.75, 3.05) is 18.5 Å². The van der Waals surface area contributed by atoms with E-state index in [-0.39, 0.29) is 5.92 Å². The number of fused-ring (bicyclic) bond motifs is 1. The van der Waals surface area contributed by atoms with E-state index < -0.39 is 0 Å². The summed E-state index contributed by atoms with van der Waals surface area (Å²) in [4.78, 5) is 0. The van der Waals surface area contributed by atoms with Crippen molar-refractivity contribution < 1.29 is 4.74 Å². The molecule has 1 aromatic heterocycles. The average molecular weight is 396 g/mol. The van der Waals surface area contributed by atoms with Crippen LogP contribution in [0, 0.1) is 0 Å². The third-order valence-corrected chi connectivity index (χ3v) is 5.61. The molecule has 1 aliphatic heterocycles. The lowest BCUT2D eigenvalue weighted by atomic mass is 9.86. The van der Waals surface area contributed by atoms with Crippen LogP contribution in [0.5, 0.6) is 5.75 Å². The van der Waals surface area contributed by atoms with Crippen LogP contribution in [-0.2, 0) is 6.42 Å². The number of benzene rings is 3. The molecule has 3 aromatic carbocycles. The molecular weight excluding hydrogens is 370 g/mol. The summed E-state index contributed by atoms with van der Waals surface area (Å²) in [5.41, 5.74) is 5.87. The highest BCUT2D eigenvalue weighted by atomic mass is 16.5. The number of nitrogens with zero attached hydrogens (tertiary/aromatic N) is 2. The lowest BCUT2D eigenvalue weighted by Crippen LogP contribution is -2.10. The number of aromatic nitrogens is 2. The summed E-state index contributed by atoms with van der Waals surface area (Å²) >= 11 is 0. The van der Waals surface area contributed by atoms with Gasteiger partial charge in [0.25, 0.3) is 0 Å². The van der Waals surface area contributed by atoms with Crippen LogP contribution < -0.4 is 10.1 Å². The van der Waals surface area contributed by atoms with Gasteiger partial charge in [0.05, 0.1) is 18.2 Å². The number of rotatable bonds is 6. The minimum Gasteiger partial charge on any atom is -0.492 e. The number of nitrogens with one attached hydrogen (secondary N) is 1. The maximum absolute atomic E-state index is 5.90. The Bertz CT molecular complexity index is 1100. The lowest BCUT2D eigenvalue weighted by molar-refractivity contribution is 0.338. The zero-order chi connectivity index (χ0) is 20.3.